The van der Waals surface area contributed by atoms with Gasteiger partial charge >= 0.3 is 0 Å². The number of unbranched alkanes of at least 4 members (excludes halogenated alkanes) is 11. The minimum atomic E-state index is 0.964. The Labute approximate surface area is 135 Å². The van der Waals surface area contributed by atoms with Crippen LogP contribution in [0.1, 0.15) is 117 Å². The summed E-state index contributed by atoms with van der Waals surface area (Å²) >= 11 is 0. The topological polar surface area (TPSA) is 0 Å². The first-order valence-corrected chi connectivity index (χ1v) is 9.92. The van der Waals surface area contributed by atoms with Crippen molar-refractivity contribution in [2.24, 2.45) is 5.92 Å². The first-order valence-electron chi connectivity index (χ1n) is 9.92. The van der Waals surface area contributed by atoms with Crippen LogP contribution in [-0.4, -0.2) is 0 Å². The van der Waals surface area contributed by atoms with Crippen molar-refractivity contribution in [1.82, 2.24) is 0 Å². The van der Waals surface area contributed by atoms with E-state index >= 15 is 0 Å². The monoisotopic (exact) mass is 294 g/mol. The molecule has 0 nitrogen and oxygen atoms in total. The fraction of sp³-hybridized carbons (Fsp3) is 0.905. The summed E-state index contributed by atoms with van der Waals surface area (Å²) in [4.78, 5) is 0. The molecule has 1 unspecified atom stereocenters. The lowest BCUT2D eigenvalue weighted by molar-refractivity contribution is 0.431. The fourth-order valence-corrected chi connectivity index (χ4v) is 3.05. The van der Waals surface area contributed by atoms with E-state index in [2.05, 4.69) is 32.9 Å². The molecule has 0 fully saturated rings. The Kier molecular flexibility index (Phi) is 17.6. The Balaban J connectivity index is 3.13. The highest BCUT2D eigenvalue weighted by atomic mass is 14.1. The summed E-state index contributed by atoms with van der Waals surface area (Å²) in [7, 11) is 0. The Morgan fingerprint density at radius 1 is 0.667 bits per heavy atom. The average Bonchev–Trinajstić information content (AvgIpc) is 2.49. The molecule has 0 heteroatoms. The molecule has 0 saturated carbocycles. The van der Waals surface area contributed by atoms with Crippen molar-refractivity contribution in [3.05, 3.63) is 12.2 Å². The lowest BCUT2D eigenvalue weighted by atomic mass is 9.96. The molecule has 0 aromatic heterocycles. The zero-order valence-corrected chi connectivity index (χ0v) is 15.3. The van der Waals surface area contributed by atoms with Gasteiger partial charge in [0.25, 0.3) is 0 Å². The van der Waals surface area contributed by atoms with Crippen molar-refractivity contribution in [1.29, 1.82) is 0 Å². The number of allylic oxidation sites excluding steroid dienone is 2. The van der Waals surface area contributed by atoms with Gasteiger partial charge in [-0.05, 0) is 25.7 Å². The molecular weight excluding hydrogens is 252 g/mol. The highest BCUT2D eigenvalue weighted by Gasteiger charge is 2.02. The minimum Gasteiger partial charge on any atom is -0.0917 e. The zero-order valence-electron chi connectivity index (χ0n) is 15.3. The van der Waals surface area contributed by atoms with Gasteiger partial charge in [0.05, 0.1) is 0 Å². The molecule has 0 bridgehead atoms. The molecule has 0 aromatic rings. The van der Waals surface area contributed by atoms with Crippen molar-refractivity contribution in [3.63, 3.8) is 0 Å². The highest BCUT2D eigenvalue weighted by Crippen LogP contribution is 2.18. The van der Waals surface area contributed by atoms with Crippen LogP contribution in [0, 0.1) is 5.92 Å². The van der Waals surface area contributed by atoms with Gasteiger partial charge < -0.3 is 0 Å². The van der Waals surface area contributed by atoms with Crippen molar-refractivity contribution < 1.29 is 0 Å². The van der Waals surface area contributed by atoms with Gasteiger partial charge in [0.2, 0.25) is 0 Å². The molecule has 126 valence electrons. The number of rotatable bonds is 16. The van der Waals surface area contributed by atoms with Gasteiger partial charge in [-0.3, -0.25) is 0 Å². The van der Waals surface area contributed by atoms with E-state index in [9.17, 15) is 0 Å². The van der Waals surface area contributed by atoms with E-state index in [1.165, 1.54) is 96.3 Å². The molecule has 0 N–H and O–H groups in total. The van der Waals surface area contributed by atoms with Gasteiger partial charge in [-0.15, -0.1) is 0 Å². The molecule has 0 saturated heterocycles. The molecule has 0 aliphatic carbocycles. The second kappa shape index (κ2) is 17.8. The Morgan fingerprint density at radius 3 is 1.67 bits per heavy atom. The molecule has 0 aliphatic rings. The van der Waals surface area contributed by atoms with E-state index in [-0.39, 0.29) is 0 Å². The van der Waals surface area contributed by atoms with Crippen LogP contribution in [0.2, 0.25) is 0 Å². The van der Waals surface area contributed by atoms with Crippen molar-refractivity contribution >= 4 is 0 Å². The molecule has 0 spiro atoms. The molecule has 0 aromatic carbocycles. The van der Waals surface area contributed by atoms with E-state index in [0.29, 0.717) is 0 Å². The first kappa shape index (κ1) is 20.7. The van der Waals surface area contributed by atoms with E-state index in [0.717, 1.165) is 5.92 Å². The summed E-state index contributed by atoms with van der Waals surface area (Å²) < 4.78 is 0. The maximum Gasteiger partial charge on any atom is -0.0351 e. The SMILES string of the molecule is C/C=C/CCCCCCCCC(C)CCCCCCCC. The lowest BCUT2D eigenvalue weighted by Crippen LogP contribution is -1.95. The highest BCUT2D eigenvalue weighted by molar-refractivity contribution is 4.76. The van der Waals surface area contributed by atoms with Crippen molar-refractivity contribution in [2.75, 3.05) is 0 Å². The Morgan fingerprint density at radius 2 is 1.14 bits per heavy atom. The summed E-state index contributed by atoms with van der Waals surface area (Å²) in [6.07, 6.45) is 26.0. The summed E-state index contributed by atoms with van der Waals surface area (Å²) in [5.74, 6) is 0.964. The molecule has 21 heavy (non-hydrogen) atoms. The molecular formula is C21H42. The second-order valence-electron chi connectivity index (χ2n) is 6.93. The van der Waals surface area contributed by atoms with Crippen molar-refractivity contribution in [2.45, 2.75) is 117 Å². The van der Waals surface area contributed by atoms with Gasteiger partial charge in [0, 0.05) is 0 Å². The van der Waals surface area contributed by atoms with Crippen LogP contribution in [0.15, 0.2) is 12.2 Å². The third-order valence-corrected chi connectivity index (χ3v) is 4.60. The van der Waals surface area contributed by atoms with Crippen LogP contribution in [0.4, 0.5) is 0 Å². The maximum absolute atomic E-state index is 2.46. The lowest BCUT2D eigenvalue weighted by Gasteiger charge is -2.11. The van der Waals surface area contributed by atoms with Crippen LogP contribution >= 0.6 is 0 Å². The standard InChI is InChI=1S/C21H42/c1-4-6-8-10-12-13-14-16-18-20-21(3)19-17-15-11-9-7-5-2/h4,6,21H,5,7-20H2,1-3H3/b6-4+. The molecule has 0 radical (unpaired) electrons. The van der Waals surface area contributed by atoms with Gasteiger partial charge in [0.1, 0.15) is 0 Å². The fourth-order valence-electron chi connectivity index (χ4n) is 3.05. The quantitative estimate of drug-likeness (QED) is 0.199. The number of hydrogen-bond donors (Lipinski definition) is 0. The minimum absolute atomic E-state index is 0.964. The first-order chi connectivity index (χ1) is 10.3. The van der Waals surface area contributed by atoms with Crippen LogP contribution < -0.4 is 0 Å². The van der Waals surface area contributed by atoms with Crippen LogP contribution in [0.3, 0.4) is 0 Å². The normalized spacial score (nSPS) is 13.1. The maximum atomic E-state index is 2.46. The van der Waals surface area contributed by atoms with E-state index < -0.39 is 0 Å². The smallest absolute Gasteiger partial charge is 0.0351 e. The molecule has 0 amide bonds. The molecule has 0 heterocycles. The molecule has 0 rings (SSSR count). The molecule has 1 atom stereocenters. The third-order valence-electron chi connectivity index (χ3n) is 4.60. The van der Waals surface area contributed by atoms with Gasteiger partial charge in [-0.2, -0.15) is 0 Å². The van der Waals surface area contributed by atoms with E-state index in [1.807, 2.05) is 0 Å². The number of hydrogen-bond acceptors (Lipinski definition) is 0. The largest absolute Gasteiger partial charge is 0.0917 e. The second-order valence-corrected chi connectivity index (χ2v) is 6.93. The summed E-state index contributed by atoms with van der Waals surface area (Å²) in [5, 5.41) is 0. The third kappa shape index (κ3) is 17.7. The summed E-state index contributed by atoms with van der Waals surface area (Å²) in [6, 6.07) is 0. The Hall–Kier alpha value is -0.260. The van der Waals surface area contributed by atoms with Gasteiger partial charge in [0.15, 0.2) is 0 Å². The van der Waals surface area contributed by atoms with Crippen LogP contribution in [0.5, 0.6) is 0 Å². The Bertz CT molecular complexity index is 204. The van der Waals surface area contributed by atoms with Crippen molar-refractivity contribution in [3.8, 4) is 0 Å². The predicted octanol–water partition coefficient (Wildman–Crippen LogP) is 8.07. The zero-order chi connectivity index (χ0) is 15.6. The van der Waals surface area contributed by atoms with Crippen LogP contribution in [-0.2, 0) is 0 Å². The summed E-state index contributed by atoms with van der Waals surface area (Å²) in [6.45, 7) is 6.87. The van der Waals surface area contributed by atoms with Gasteiger partial charge in [-0.1, -0.05) is 109 Å². The van der Waals surface area contributed by atoms with Crippen LogP contribution in [0.25, 0.3) is 0 Å². The van der Waals surface area contributed by atoms with Gasteiger partial charge in [-0.25, -0.2) is 0 Å². The predicted molar refractivity (Wildman–Crippen MR) is 98.9 cm³/mol. The average molecular weight is 295 g/mol. The van der Waals surface area contributed by atoms with E-state index in [1.54, 1.807) is 0 Å². The molecule has 0 aliphatic heterocycles. The summed E-state index contributed by atoms with van der Waals surface area (Å²) in [5.41, 5.74) is 0. The van der Waals surface area contributed by atoms with E-state index in [4.69, 9.17) is 0 Å².